The van der Waals surface area contributed by atoms with E-state index in [1.54, 1.807) is 19.2 Å². The predicted octanol–water partition coefficient (Wildman–Crippen LogP) is 4.05. The molecular formula is C19H17F3N2O2. The maximum Gasteiger partial charge on any atom is 0.573 e. The molecule has 0 radical (unpaired) electrons. The molecule has 0 saturated heterocycles. The summed E-state index contributed by atoms with van der Waals surface area (Å²) in [6, 6.07) is 14.5. The average molecular weight is 362 g/mol. The molecule has 0 saturated carbocycles. The van der Waals surface area contributed by atoms with Gasteiger partial charge in [-0.2, -0.15) is 5.26 Å². The largest absolute Gasteiger partial charge is 0.573 e. The summed E-state index contributed by atoms with van der Waals surface area (Å²) in [5, 5.41) is 8.76. The second-order valence-electron chi connectivity index (χ2n) is 5.75. The summed E-state index contributed by atoms with van der Waals surface area (Å²) in [4.78, 5) is 13.7. The van der Waals surface area contributed by atoms with Crippen LogP contribution in [0.25, 0.3) is 0 Å². The van der Waals surface area contributed by atoms with Crippen molar-refractivity contribution in [1.29, 1.82) is 5.26 Å². The van der Waals surface area contributed by atoms with Crippen LogP contribution in [0.1, 0.15) is 23.1 Å². The fourth-order valence-electron chi connectivity index (χ4n) is 2.35. The monoisotopic (exact) mass is 362 g/mol. The molecule has 7 heteroatoms. The van der Waals surface area contributed by atoms with E-state index in [4.69, 9.17) is 5.26 Å². The molecule has 1 amide bonds. The summed E-state index contributed by atoms with van der Waals surface area (Å²) >= 11 is 0. The molecule has 26 heavy (non-hydrogen) atoms. The summed E-state index contributed by atoms with van der Waals surface area (Å²) in [5.74, 6) is -0.374. The number of nitrogens with zero attached hydrogens (tertiary/aromatic N) is 2. The fourth-order valence-corrected chi connectivity index (χ4v) is 2.35. The molecule has 0 aromatic heterocycles. The number of amides is 1. The van der Waals surface area contributed by atoms with Crippen molar-refractivity contribution >= 4 is 5.91 Å². The van der Waals surface area contributed by atoms with Crippen molar-refractivity contribution in [2.24, 2.45) is 0 Å². The molecular weight excluding hydrogens is 345 g/mol. The van der Waals surface area contributed by atoms with E-state index in [1.165, 1.54) is 29.2 Å². The van der Waals surface area contributed by atoms with E-state index in [0.29, 0.717) is 30.5 Å². The number of carbonyl (C=O) groups is 1. The summed E-state index contributed by atoms with van der Waals surface area (Å²) < 4.78 is 40.2. The molecule has 0 spiro atoms. The van der Waals surface area contributed by atoms with Crippen LogP contribution < -0.4 is 4.74 Å². The summed E-state index contributed by atoms with van der Waals surface area (Å²) in [6.45, 7) is 0.290. The Kier molecular flexibility index (Phi) is 6.23. The van der Waals surface area contributed by atoms with E-state index in [0.717, 1.165) is 5.56 Å². The quantitative estimate of drug-likeness (QED) is 0.779. The standard InChI is InChI=1S/C19H17F3N2O2/c1-24(13-16-6-9-17(10-7-16)26-19(20,21)22)18(25)11-8-14-2-4-15(12-23)5-3-14/h2-7,9-10H,8,11,13H2,1H3. The Morgan fingerprint density at radius 3 is 2.19 bits per heavy atom. The van der Waals surface area contributed by atoms with E-state index >= 15 is 0 Å². The van der Waals surface area contributed by atoms with Crippen LogP contribution in [0.4, 0.5) is 13.2 Å². The number of hydrogen-bond donors (Lipinski definition) is 0. The molecule has 0 aliphatic rings. The minimum Gasteiger partial charge on any atom is -0.406 e. The van der Waals surface area contributed by atoms with Crippen LogP contribution in [0.3, 0.4) is 0 Å². The molecule has 0 bridgehead atoms. The minimum absolute atomic E-state index is 0.0787. The molecule has 0 fully saturated rings. The number of alkyl halides is 3. The summed E-state index contributed by atoms with van der Waals surface area (Å²) in [7, 11) is 1.64. The first-order chi connectivity index (χ1) is 12.3. The van der Waals surface area contributed by atoms with Gasteiger partial charge in [0, 0.05) is 20.0 Å². The number of hydrogen-bond acceptors (Lipinski definition) is 3. The van der Waals surface area contributed by atoms with E-state index in [9.17, 15) is 18.0 Å². The van der Waals surface area contributed by atoms with Crippen molar-refractivity contribution in [3.63, 3.8) is 0 Å². The molecule has 0 aliphatic carbocycles. The van der Waals surface area contributed by atoms with Crippen molar-refractivity contribution in [2.45, 2.75) is 25.7 Å². The van der Waals surface area contributed by atoms with Crippen LogP contribution >= 0.6 is 0 Å². The zero-order valence-electron chi connectivity index (χ0n) is 14.1. The van der Waals surface area contributed by atoms with Gasteiger partial charge < -0.3 is 9.64 Å². The molecule has 0 N–H and O–H groups in total. The smallest absolute Gasteiger partial charge is 0.406 e. The third kappa shape index (κ3) is 6.13. The van der Waals surface area contributed by atoms with E-state index in [1.807, 2.05) is 18.2 Å². The van der Waals surface area contributed by atoms with Crippen molar-refractivity contribution in [3.8, 4) is 11.8 Å². The highest BCUT2D eigenvalue weighted by molar-refractivity contribution is 5.76. The first-order valence-corrected chi connectivity index (χ1v) is 7.84. The lowest BCUT2D eigenvalue weighted by Crippen LogP contribution is -2.26. The number of ether oxygens (including phenoxy) is 1. The van der Waals surface area contributed by atoms with Gasteiger partial charge in [0.15, 0.2) is 0 Å². The molecule has 2 aromatic carbocycles. The zero-order valence-corrected chi connectivity index (χ0v) is 14.1. The van der Waals surface area contributed by atoms with Gasteiger partial charge in [-0.3, -0.25) is 4.79 Å². The number of benzene rings is 2. The van der Waals surface area contributed by atoms with Gasteiger partial charge in [-0.1, -0.05) is 24.3 Å². The number of halogens is 3. The zero-order chi connectivity index (χ0) is 19.2. The molecule has 4 nitrogen and oxygen atoms in total. The lowest BCUT2D eigenvalue weighted by molar-refractivity contribution is -0.274. The summed E-state index contributed by atoms with van der Waals surface area (Å²) in [6.07, 6.45) is -3.87. The SMILES string of the molecule is CN(Cc1ccc(OC(F)(F)F)cc1)C(=O)CCc1ccc(C#N)cc1. The van der Waals surface area contributed by atoms with Gasteiger partial charge in [0.05, 0.1) is 11.6 Å². The summed E-state index contributed by atoms with van der Waals surface area (Å²) in [5.41, 5.74) is 2.23. The molecule has 0 heterocycles. The van der Waals surface area contributed by atoms with Crippen LogP contribution in [-0.4, -0.2) is 24.2 Å². The Labute approximate surface area is 149 Å². The third-order valence-electron chi connectivity index (χ3n) is 3.71. The van der Waals surface area contributed by atoms with Gasteiger partial charge in [-0.05, 0) is 41.8 Å². The normalized spacial score (nSPS) is 10.9. The van der Waals surface area contributed by atoms with Crippen LogP contribution in [0.2, 0.25) is 0 Å². The van der Waals surface area contributed by atoms with Crippen LogP contribution in [0, 0.1) is 11.3 Å². The molecule has 0 atom stereocenters. The lowest BCUT2D eigenvalue weighted by Gasteiger charge is -2.18. The molecule has 136 valence electrons. The Morgan fingerprint density at radius 2 is 1.65 bits per heavy atom. The van der Waals surface area contributed by atoms with Crippen molar-refractivity contribution in [2.75, 3.05) is 7.05 Å². The van der Waals surface area contributed by atoms with Crippen LogP contribution in [0.5, 0.6) is 5.75 Å². The van der Waals surface area contributed by atoms with Gasteiger partial charge >= 0.3 is 6.36 Å². The second kappa shape index (κ2) is 8.39. The van der Waals surface area contributed by atoms with Gasteiger partial charge in [0.1, 0.15) is 5.75 Å². The lowest BCUT2D eigenvalue weighted by atomic mass is 10.1. The average Bonchev–Trinajstić information content (AvgIpc) is 2.60. The molecule has 2 aromatic rings. The van der Waals surface area contributed by atoms with Gasteiger partial charge in [0.25, 0.3) is 0 Å². The highest BCUT2D eigenvalue weighted by Crippen LogP contribution is 2.23. The third-order valence-corrected chi connectivity index (χ3v) is 3.71. The number of nitriles is 1. The first kappa shape index (κ1) is 19.3. The topological polar surface area (TPSA) is 53.3 Å². The number of carbonyl (C=O) groups excluding carboxylic acids is 1. The first-order valence-electron chi connectivity index (χ1n) is 7.84. The molecule has 2 rings (SSSR count). The van der Waals surface area contributed by atoms with Gasteiger partial charge in [0.2, 0.25) is 5.91 Å². The Morgan fingerprint density at radius 1 is 1.08 bits per heavy atom. The van der Waals surface area contributed by atoms with Crippen molar-refractivity contribution < 1.29 is 22.7 Å². The highest BCUT2D eigenvalue weighted by Gasteiger charge is 2.30. The number of aryl methyl sites for hydroxylation is 1. The van der Waals surface area contributed by atoms with Gasteiger partial charge in [-0.25, -0.2) is 0 Å². The van der Waals surface area contributed by atoms with Crippen LogP contribution in [0.15, 0.2) is 48.5 Å². The van der Waals surface area contributed by atoms with Gasteiger partial charge in [-0.15, -0.1) is 13.2 Å². The Hall–Kier alpha value is -3.01. The van der Waals surface area contributed by atoms with E-state index < -0.39 is 6.36 Å². The van der Waals surface area contributed by atoms with E-state index in [-0.39, 0.29) is 11.7 Å². The molecule has 0 unspecified atom stereocenters. The Bertz CT molecular complexity index is 778. The minimum atomic E-state index is -4.72. The van der Waals surface area contributed by atoms with Crippen LogP contribution in [-0.2, 0) is 17.8 Å². The maximum atomic E-state index is 12.2. The van der Waals surface area contributed by atoms with Crippen molar-refractivity contribution in [1.82, 2.24) is 4.90 Å². The second-order valence-corrected chi connectivity index (χ2v) is 5.75. The molecule has 0 aliphatic heterocycles. The number of rotatable bonds is 6. The van der Waals surface area contributed by atoms with Crippen molar-refractivity contribution in [3.05, 3.63) is 65.2 Å². The highest BCUT2D eigenvalue weighted by atomic mass is 19.4. The Balaban J connectivity index is 1.85. The van der Waals surface area contributed by atoms with E-state index in [2.05, 4.69) is 4.74 Å². The predicted molar refractivity (Wildman–Crippen MR) is 89.1 cm³/mol. The maximum absolute atomic E-state index is 12.2. The fraction of sp³-hybridized carbons (Fsp3) is 0.263.